The van der Waals surface area contributed by atoms with Crippen LogP contribution in [0, 0.1) is 11.3 Å². The number of hydrogen-bond donors (Lipinski definition) is 3. The number of pyridine rings is 1. The zero-order valence-electron chi connectivity index (χ0n) is 19.2. The predicted molar refractivity (Wildman–Crippen MR) is 142 cm³/mol. The number of aromatic amines is 1. The van der Waals surface area contributed by atoms with Gasteiger partial charge in [0.25, 0.3) is 0 Å². The highest BCUT2D eigenvalue weighted by atomic mass is 32.1. The summed E-state index contributed by atoms with van der Waals surface area (Å²) in [5.74, 6) is 0. The van der Waals surface area contributed by atoms with Gasteiger partial charge in [-0.25, -0.2) is 4.98 Å². The van der Waals surface area contributed by atoms with Gasteiger partial charge in [-0.05, 0) is 60.4 Å². The number of H-pyrrole nitrogens is 1. The van der Waals surface area contributed by atoms with Crippen LogP contribution in [-0.4, -0.2) is 29.2 Å². The first-order valence-electron chi connectivity index (χ1n) is 11.9. The van der Waals surface area contributed by atoms with Gasteiger partial charge in [0.15, 0.2) is 0 Å². The van der Waals surface area contributed by atoms with Crippen LogP contribution in [0.15, 0.2) is 67.0 Å². The van der Waals surface area contributed by atoms with Crippen LogP contribution in [-0.2, 0) is 11.3 Å². The Morgan fingerprint density at radius 3 is 3.03 bits per heavy atom. The normalized spacial score (nSPS) is 15.6. The molecule has 0 bridgehead atoms. The molecular weight excluding hydrogens is 454 g/mol. The van der Waals surface area contributed by atoms with E-state index in [0.717, 1.165) is 75.5 Å². The Morgan fingerprint density at radius 1 is 1.17 bits per heavy atom. The van der Waals surface area contributed by atoms with Gasteiger partial charge in [-0.3, -0.25) is 0 Å². The summed E-state index contributed by atoms with van der Waals surface area (Å²) >= 11 is 1.65. The van der Waals surface area contributed by atoms with Crippen molar-refractivity contribution in [3.63, 3.8) is 0 Å². The predicted octanol–water partition coefficient (Wildman–Crippen LogP) is 6.33. The van der Waals surface area contributed by atoms with Crippen molar-refractivity contribution in [3.05, 3.63) is 78.1 Å². The fraction of sp³-hybridized carbons (Fsp3) is 0.214. The van der Waals surface area contributed by atoms with Crippen LogP contribution in [0.25, 0.3) is 31.6 Å². The quantitative estimate of drug-likeness (QED) is 0.254. The van der Waals surface area contributed by atoms with Crippen LogP contribution in [0.3, 0.4) is 0 Å². The summed E-state index contributed by atoms with van der Waals surface area (Å²) in [6, 6.07) is 21.2. The van der Waals surface area contributed by atoms with Crippen molar-refractivity contribution in [1.82, 2.24) is 15.3 Å². The van der Waals surface area contributed by atoms with Crippen LogP contribution in [0.2, 0.25) is 0 Å². The molecule has 1 aliphatic heterocycles. The fourth-order valence-electron chi connectivity index (χ4n) is 4.64. The van der Waals surface area contributed by atoms with Crippen LogP contribution < -0.4 is 10.6 Å². The number of anilines is 2. The molecule has 4 heterocycles. The molecule has 0 radical (unpaired) electrons. The molecule has 5 aromatic rings. The maximum atomic E-state index is 9.77. The Balaban J connectivity index is 1.28. The van der Waals surface area contributed by atoms with Crippen molar-refractivity contribution < 1.29 is 4.74 Å². The van der Waals surface area contributed by atoms with Crippen molar-refractivity contribution in [2.24, 2.45) is 0 Å². The largest absolute Gasteiger partial charge is 0.377 e. The van der Waals surface area contributed by atoms with Crippen molar-refractivity contribution in [3.8, 4) is 16.5 Å². The molecule has 0 aliphatic carbocycles. The van der Waals surface area contributed by atoms with Crippen molar-refractivity contribution in [2.45, 2.75) is 25.5 Å². The third kappa shape index (κ3) is 4.52. The number of rotatable bonds is 7. The van der Waals surface area contributed by atoms with Gasteiger partial charge >= 0.3 is 0 Å². The van der Waals surface area contributed by atoms with Crippen LogP contribution in [0.4, 0.5) is 11.4 Å². The summed E-state index contributed by atoms with van der Waals surface area (Å²) in [6.07, 6.45) is 6.22. The van der Waals surface area contributed by atoms with Gasteiger partial charge in [-0.2, -0.15) is 5.26 Å². The van der Waals surface area contributed by atoms with Gasteiger partial charge in [-0.15, -0.1) is 11.3 Å². The van der Waals surface area contributed by atoms with Gasteiger partial charge in [0.05, 0.1) is 17.4 Å². The highest BCUT2D eigenvalue weighted by Crippen LogP contribution is 2.38. The van der Waals surface area contributed by atoms with E-state index in [-0.39, 0.29) is 0 Å². The Morgan fingerprint density at radius 2 is 2.14 bits per heavy atom. The Labute approximate surface area is 207 Å². The Hall–Kier alpha value is -3.70. The maximum Gasteiger partial charge on any atom is 0.126 e. The molecule has 35 heavy (non-hydrogen) atoms. The summed E-state index contributed by atoms with van der Waals surface area (Å²) in [5, 5.41) is 18.9. The lowest BCUT2D eigenvalue weighted by Gasteiger charge is -2.11. The molecule has 3 N–H and O–H groups in total. The molecule has 1 saturated heterocycles. The molecule has 6 rings (SSSR count). The van der Waals surface area contributed by atoms with Crippen LogP contribution in [0.5, 0.6) is 0 Å². The SMILES string of the molecule is N#Cc1cnc2sc(-c3cccc(CNCC4CCCO4)c3)cc2c1Nc1ccc2[nH]ccc2c1. The van der Waals surface area contributed by atoms with E-state index in [0.29, 0.717) is 11.7 Å². The zero-order valence-corrected chi connectivity index (χ0v) is 20.0. The highest BCUT2D eigenvalue weighted by molar-refractivity contribution is 7.22. The molecule has 0 amide bonds. The summed E-state index contributed by atoms with van der Waals surface area (Å²) in [4.78, 5) is 9.84. The minimum Gasteiger partial charge on any atom is -0.377 e. The second-order valence-electron chi connectivity index (χ2n) is 8.86. The van der Waals surface area contributed by atoms with E-state index in [9.17, 15) is 5.26 Å². The minimum atomic E-state index is 0.338. The summed E-state index contributed by atoms with van der Waals surface area (Å²) in [6.45, 7) is 2.58. The molecule has 6 nitrogen and oxygen atoms in total. The lowest BCUT2D eigenvalue weighted by Crippen LogP contribution is -2.25. The molecule has 174 valence electrons. The summed E-state index contributed by atoms with van der Waals surface area (Å²) in [7, 11) is 0. The molecule has 1 aliphatic rings. The van der Waals surface area contributed by atoms with Gasteiger partial charge < -0.3 is 20.4 Å². The maximum absolute atomic E-state index is 9.77. The number of nitrogens with zero attached hydrogens (tertiary/aromatic N) is 2. The molecule has 1 fully saturated rings. The fourth-order valence-corrected chi connectivity index (χ4v) is 5.65. The van der Waals surface area contributed by atoms with Crippen LogP contribution in [0.1, 0.15) is 24.0 Å². The number of aromatic nitrogens is 2. The second kappa shape index (κ2) is 9.51. The average molecular weight is 480 g/mol. The number of nitriles is 1. The molecule has 3 aromatic heterocycles. The smallest absolute Gasteiger partial charge is 0.126 e. The van der Waals surface area contributed by atoms with Gasteiger partial charge in [0, 0.05) is 58.9 Å². The second-order valence-corrected chi connectivity index (χ2v) is 9.89. The van der Waals surface area contributed by atoms with Gasteiger partial charge in [0.2, 0.25) is 0 Å². The molecule has 0 spiro atoms. The molecule has 7 heteroatoms. The van der Waals surface area contributed by atoms with E-state index in [4.69, 9.17) is 4.74 Å². The van der Waals surface area contributed by atoms with Crippen molar-refractivity contribution >= 4 is 43.8 Å². The van der Waals surface area contributed by atoms with Gasteiger partial charge in [0.1, 0.15) is 10.9 Å². The number of thiophene rings is 1. The minimum absolute atomic E-state index is 0.338. The van der Waals surface area contributed by atoms with Gasteiger partial charge in [-0.1, -0.05) is 18.2 Å². The third-order valence-corrected chi connectivity index (χ3v) is 7.53. The van der Waals surface area contributed by atoms with E-state index >= 15 is 0 Å². The number of hydrogen-bond acceptors (Lipinski definition) is 6. The Kier molecular flexibility index (Phi) is 5.93. The van der Waals surface area contributed by atoms with Crippen LogP contribution >= 0.6 is 11.3 Å². The molecule has 0 saturated carbocycles. The lowest BCUT2D eigenvalue weighted by atomic mass is 10.1. The average Bonchev–Trinajstić information content (AvgIpc) is 3.65. The van der Waals surface area contributed by atoms with E-state index < -0.39 is 0 Å². The molecule has 2 aromatic carbocycles. The lowest BCUT2D eigenvalue weighted by molar-refractivity contribution is 0.110. The van der Waals surface area contributed by atoms with E-state index in [1.165, 1.54) is 5.56 Å². The molecule has 1 atom stereocenters. The standard InChI is InChI=1S/C28H25N5OS/c29-14-21-16-32-28-24(27(21)33-22-6-7-25-19(12-22)8-9-31-25)13-26(35-28)20-4-1-3-18(11-20)15-30-17-23-5-2-10-34-23/h1,3-4,6-9,11-13,16,23,30-31H,2,5,10,15,17H2,(H,32,33). The number of nitrogens with one attached hydrogen (secondary N) is 3. The first kappa shape index (κ1) is 21.8. The zero-order chi connectivity index (χ0) is 23.6. The highest BCUT2D eigenvalue weighted by Gasteiger charge is 2.16. The first-order valence-corrected chi connectivity index (χ1v) is 12.7. The number of benzene rings is 2. The van der Waals surface area contributed by atoms with Crippen molar-refractivity contribution in [2.75, 3.05) is 18.5 Å². The first-order chi connectivity index (χ1) is 17.3. The number of ether oxygens (including phenoxy) is 1. The monoisotopic (exact) mass is 479 g/mol. The van der Waals surface area contributed by atoms with Crippen molar-refractivity contribution in [1.29, 1.82) is 5.26 Å². The topological polar surface area (TPSA) is 85.8 Å². The van der Waals surface area contributed by atoms with E-state index in [1.54, 1.807) is 17.5 Å². The Bertz CT molecular complexity index is 1540. The van der Waals surface area contributed by atoms with E-state index in [2.05, 4.69) is 63.1 Å². The summed E-state index contributed by atoms with van der Waals surface area (Å²) < 4.78 is 5.71. The molecular formula is C28H25N5OS. The number of fused-ring (bicyclic) bond motifs is 2. The third-order valence-electron chi connectivity index (χ3n) is 6.44. The summed E-state index contributed by atoms with van der Waals surface area (Å²) in [5.41, 5.74) is 5.74. The van der Waals surface area contributed by atoms with E-state index in [1.807, 2.05) is 24.4 Å². The molecule has 1 unspecified atom stereocenters.